The second-order valence-electron chi connectivity index (χ2n) is 6.43. The molecule has 0 aromatic heterocycles. The van der Waals surface area contributed by atoms with Crippen LogP contribution in [0.5, 0.6) is 5.75 Å². The standard InChI is InChI=1S/C20H23BrN2O2/c1-25-19-8-7-17(21)11-18(19)20(24)22-12-16-9-10-23(14-16)13-15-5-3-2-4-6-15/h2-8,11,16H,9-10,12-14H2,1H3,(H,22,24)/t16-/m0/s1. The van der Waals surface area contributed by atoms with Crippen molar-refractivity contribution < 1.29 is 9.53 Å². The summed E-state index contributed by atoms with van der Waals surface area (Å²) in [6.07, 6.45) is 1.11. The van der Waals surface area contributed by atoms with Crippen LogP contribution in [0.25, 0.3) is 0 Å². The Morgan fingerprint density at radius 1 is 1.28 bits per heavy atom. The average Bonchev–Trinajstić information content (AvgIpc) is 3.08. The number of hydrogen-bond acceptors (Lipinski definition) is 3. The van der Waals surface area contributed by atoms with Crippen molar-refractivity contribution >= 4 is 21.8 Å². The molecule has 1 N–H and O–H groups in total. The molecule has 1 fully saturated rings. The molecule has 25 heavy (non-hydrogen) atoms. The van der Waals surface area contributed by atoms with Gasteiger partial charge in [-0.2, -0.15) is 0 Å². The fourth-order valence-electron chi connectivity index (χ4n) is 3.25. The maximum Gasteiger partial charge on any atom is 0.255 e. The molecule has 0 bridgehead atoms. The van der Waals surface area contributed by atoms with Crippen LogP contribution in [0.1, 0.15) is 22.3 Å². The van der Waals surface area contributed by atoms with Gasteiger partial charge in [-0.15, -0.1) is 0 Å². The number of nitrogens with zero attached hydrogens (tertiary/aromatic N) is 1. The molecule has 5 heteroatoms. The lowest BCUT2D eigenvalue weighted by atomic mass is 10.1. The van der Waals surface area contributed by atoms with Crippen LogP contribution in [0, 0.1) is 5.92 Å². The third-order valence-electron chi connectivity index (χ3n) is 4.58. The van der Waals surface area contributed by atoms with Crippen LogP contribution >= 0.6 is 15.9 Å². The molecular formula is C20H23BrN2O2. The minimum Gasteiger partial charge on any atom is -0.496 e. The van der Waals surface area contributed by atoms with Crippen LogP contribution in [0.4, 0.5) is 0 Å². The number of amides is 1. The molecule has 0 aliphatic carbocycles. The van der Waals surface area contributed by atoms with Crippen LogP contribution in [-0.4, -0.2) is 37.6 Å². The van der Waals surface area contributed by atoms with E-state index in [4.69, 9.17) is 4.74 Å². The van der Waals surface area contributed by atoms with Crippen LogP contribution in [0.15, 0.2) is 53.0 Å². The predicted octanol–water partition coefficient (Wildman–Crippen LogP) is 3.71. The van der Waals surface area contributed by atoms with E-state index in [2.05, 4.69) is 50.4 Å². The van der Waals surface area contributed by atoms with Gasteiger partial charge in [0, 0.05) is 24.1 Å². The maximum atomic E-state index is 12.5. The first kappa shape index (κ1) is 18.0. The van der Waals surface area contributed by atoms with E-state index < -0.39 is 0 Å². The molecule has 1 aliphatic rings. The van der Waals surface area contributed by atoms with Gasteiger partial charge in [0.25, 0.3) is 5.91 Å². The summed E-state index contributed by atoms with van der Waals surface area (Å²) >= 11 is 3.41. The zero-order valence-corrected chi connectivity index (χ0v) is 16.0. The zero-order valence-electron chi connectivity index (χ0n) is 14.4. The van der Waals surface area contributed by atoms with Crippen LogP contribution in [0.2, 0.25) is 0 Å². The highest BCUT2D eigenvalue weighted by Crippen LogP contribution is 2.23. The van der Waals surface area contributed by atoms with E-state index in [0.717, 1.165) is 30.5 Å². The van der Waals surface area contributed by atoms with Crippen molar-refractivity contribution in [1.82, 2.24) is 10.2 Å². The van der Waals surface area contributed by atoms with Gasteiger partial charge in [-0.3, -0.25) is 9.69 Å². The summed E-state index contributed by atoms with van der Waals surface area (Å²) in [6, 6.07) is 16.0. The Labute approximate surface area is 157 Å². The van der Waals surface area contributed by atoms with E-state index in [9.17, 15) is 4.79 Å². The average molecular weight is 403 g/mol. The molecule has 132 valence electrons. The number of nitrogens with one attached hydrogen (secondary N) is 1. The third-order valence-corrected chi connectivity index (χ3v) is 5.07. The number of benzene rings is 2. The summed E-state index contributed by atoms with van der Waals surface area (Å²) in [5.41, 5.74) is 1.90. The van der Waals surface area contributed by atoms with E-state index in [-0.39, 0.29) is 5.91 Å². The first-order valence-electron chi connectivity index (χ1n) is 8.53. The molecule has 1 heterocycles. The van der Waals surface area contributed by atoms with Gasteiger partial charge in [-0.05, 0) is 42.6 Å². The van der Waals surface area contributed by atoms with Crippen LogP contribution < -0.4 is 10.1 Å². The summed E-state index contributed by atoms with van der Waals surface area (Å²) in [5.74, 6) is 1.00. The van der Waals surface area contributed by atoms with Gasteiger partial charge in [-0.25, -0.2) is 0 Å². The maximum absolute atomic E-state index is 12.5. The van der Waals surface area contributed by atoms with Crippen molar-refractivity contribution in [3.8, 4) is 5.75 Å². The summed E-state index contributed by atoms with van der Waals surface area (Å²) in [7, 11) is 1.58. The minimum atomic E-state index is -0.0836. The van der Waals surface area contributed by atoms with Crippen molar-refractivity contribution in [2.45, 2.75) is 13.0 Å². The fourth-order valence-corrected chi connectivity index (χ4v) is 3.62. The Morgan fingerprint density at radius 2 is 2.08 bits per heavy atom. The van der Waals surface area contributed by atoms with Gasteiger partial charge in [0.05, 0.1) is 12.7 Å². The van der Waals surface area contributed by atoms with Gasteiger partial charge >= 0.3 is 0 Å². The molecule has 1 amide bonds. The van der Waals surface area contributed by atoms with Crippen molar-refractivity contribution in [3.63, 3.8) is 0 Å². The van der Waals surface area contributed by atoms with Gasteiger partial charge in [0.1, 0.15) is 5.75 Å². The number of carbonyl (C=O) groups excluding carboxylic acids is 1. The monoisotopic (exact) mass is 402 g/mol. The Hall–Kier alpha value is -1.85. The number of ether oxygens (including phenoxy) is 1. The number of likely N-dealkylation sites (tertiary alicyclic amines) is 1. The fraction of sp³-hybridized carbons (Fsp3) is 0.350. The number of carbonyl (C=O) groups is 1. The third kappa shape index (κ3) is 4.83. The Bertz CT molecular complexity index is 721. The summed E-state index contributed by atoms with van der Waals surface area (Å²) in [5, 5.41) is 3.06. The van der Waals surface area contributed by atoms with Crippen molar-refractivity contribution in [2.24, 2.45) is 5.92 Å². The van der Waals surface area contributed by atoms with Crippen molar-refractivity contribution in [3.05, 3.63) is 64.1 Å². The number of hydrogen-bond donors (Lipinski definition) is 1. The molecule has 2 aromatic carbocycles. The predicted molar refractivity (Wildman–Crippen MR) is 103 cm³/mol. The van der Waals surface area contributed by atoms with Crippen molar-refractivity contribution in [2.75, 3.05) is 26.7 Å². The molecular weight excluding hydrogens is 380 g/mol. The SMILES string of the molecule is COc1ccc(Br)cc1C(=O)NC[C@@H]1CCN(Cc2ccccc2)C1. The van der Waals surface area contributed by atoms with Crippen LogP contribution in [0.3, 0.4) is 0 Å². The lowest BCUT2D eigenvalue weighted by molar-refractivity contribution is 0.0944. The quantitative estimate of drug-likeness (QED) is 0.800. The van der Waals surface area contributed by atoms with E-state index >= 15 is 0 Å². The smallest absolute Gasteiger partial charge is 0.255 e. The summed E-state index contributed by atoms with van der Waals surface area (Å²) in [4.78, 5) is 14.9. The highest BCUT2D eigenvalue weighted by atomic mass is 79.9. The molecule has 0 saturated carbocycles. The normalized spacial score (nSPS) is 17.4. The van der Waals surface area contributed by atoms with Gasteiger partial charge in [0.15, 0.2) is 0 Å². The zero-order chi connectivity index (χ0) is 17.6. The molecule has 1 saturated heterocycles. The number of methoxy groups -OCH3 is 1. The van der Waals surface area contributed by atoms with Crippen molar-refractivity contribution in [1.29, 1.82) is 0 Å². The molecule has 3 rings (SSSR count). The number of rotatable bonds is 6. The Kier molecular flexibility index (Phi) is 6.10. The summed E-state index contributed by atoms with van der Waals surface area (Å²) < 4.78 is 6.16. The van der Waals surface area contributed by atoms with E-state index in [0.29, 0.717) is 23.8 Å². The molecule has 0 unspecified atom stereocenters. The van der Waals surface area contributed by atoms with E-state index in [1.807, 2.05) is 12.1 Å². The first-order valence-corrected chi connectivity index (χ1v) is 9.33. The lowest BCUT2D eigenvalue weighted by Crippen LogP contribution is -2.31. The minimum absolute atomic E-state index is 0.0836. The summed E-state index contributed by atoms with van der Waals surface area (Å²) in [6.45, 7) is 3.77. The number of halogens is 1. The Balaban J connectivity index is 1.51. The molecule has 0 radical (unpaired) electrons. The van der Waals surface area contributed by atoms with Crippen LogP contribution in [-0.2, 0) is 6.54 Å². The van der Waals surface area contributed by atoms with Gasteiger partial charge in [0.2, 0.25) is 0 Å². The van der Waals surface area contributed by atoms with E-state index in [1.165, 1.54) is 5.56 Å². The highest BCUT2D eigenvalue weighted by Gasteiger charge is 2.23. The molecule has 4 nitrogen and oxygen atoms in total. The van der Waals surface area contributed by atoms with Gasteiger partial charge in [-0.1, -0.05) is 46.3 Å². The molecule has 2 aromatic rings. The second-order valence-corrected chi connectivity index (χ2v) is 7.35. The Morgan fingerprint density at radius 3 is 2.84 bits per heavy atom. The van der Waals surface area contributed by atoms with E-state index in [1.54, 1.807) is 19.2 Å². The molecule has 1 aliphatic heterocycles. The van der Waals surface area contributed by atoms with Gasteiger partial charge < -0.3 is 10.1 Å². The molecule has 1 atom stereocenters. The largest absolute Gasteiger partial charge is 0.496 e. The highest BCUT2D eigenvalue weighted by molar-refractivity contribution is 9.10. The molecule has 0 spiro atoms. The lowest BCUT2D eigenvalue weighted by Gasteiger charge is -2.16. The first-order chi connectivity index (χ1) is 12.2. The topological polar surface area (TPSA) is 41.6 Å². The second kappa shape index (κ2) is 8.50.